The monoisotopic (exact) mass is 643 g/mol. The number of hydrogen-bond donors (Lipinski definition) is 3. The van der Waals surface area contributed by atoms with Crippen molar-refractivity contribution >= 4 is 66.0 Å². The van der Waals surface area contributed by atoms with Crippen LogP contribution in [0.25, 0.3) is 0 Å². The summed E-state index contributed by atoms with van der Waals surface area (Å²) in [5.74, 6) is -0.122. The third-order valence-electron chi connectivity index (χ3n) is 5.98. The molecule has 0 atom stereocenters. The van der Waals surface area contributed by atoms with Crippen LogP contribution in [0.2, 0.25) is 5.02 Å². The number of nitrogens with zero attached hydrogens (tertiary/aromatic N) is 4. The van der Waals surface area contributed by atoms with Gasteiger partial charge in [-0.25, -0.2) is 21.2 Å². The predicted molar refractivity (Wildman–Crippen MR) is 167 cm³/mol. The lowest BCUT2D eigenvalue weighted by Crippen LogP contribution is -2.07. The van der Waals surface area contributed by atoms with Crippen molar-refractivity contribution in [2.45, 2.75) is 23.6 Å². The van der Waals surface area contributed by atoms with Crippen LogP contribution >= 0.6 is 11.6 Å². The number of hydrogen-bond acceptors (Lipinski definition) is 11. The quantitative estimate of drug-likeness (QED) is 0.150. The molecule has 1 aromatic heterocycles. The maximum Gasteiger partial charge on any atom is 0.231 e. The molecule has 3 aromatic carbocycles. The molecule has 43 heavy (non-hydrogen) atoms. The molecule has 224 valence electrons. The number of anilines is 4. The Morgan fingerprint density at radius 2 is 1.16 bits per heavy atom. The molecule has 11 nitrogen and oxygen atoms in total. The second-order valence-corrected chi connectivity index (χ2v) is 13.9. The van der Waals surface area contributed by atoms with Gasteiger partial charge in [0, 0.05) is 23.6 Å². The van der Waals surface area contributed by atoms with E-state index < -0.39 is 25.5 Å². The summed E-state index contributed by atoms with van der Waals surface area (Å²) in [7, 11) is -6.67. The van der Waals surface area contributed by atoms with Crippen LogP contribution in [-0.2, 0) is 19.7 Å². The number of nitrogens with one attached hydrogen (secondary N) is 3. The van der Waals surface area contributed by atoms with Crippen molar-refractivity contribution in [2.75, 3.05) is 28.7 Å². The zero-order chi connectivity index (χ0) is 31.4. The molecule has 15 heteroatoms. The van der Waals surface area contributed by atoms with E-state index in [0.29, 0.717) is 27.6 Å². The van der Waals surface area contributed by atoms with Gasteiger partial charge in [-0.05, 0) is 67.4 Å². The summed E-state index contributed by atoms with van der Waals surface area (Å²) in [5, 5.41) is 11.8. The molecule has 0 aliphatic heterocycles. The Morgan fingerprint density at radius 1 is 0.721 bits per heavy atom. The summed E-state index contributed by atoms with van der Waals surface area (Å²) in [4.78, 5) is 9.09. The first-order valence-corrected chi connectivity index (χ1v) is 16.7. The maximum absolute atomic E-state index is 14.4. The lowest BCUT2D eigenvalue weighted by molar-refractivity contribution is 0.600. The van der Waals surface area contributed by atoms with Crippen LogP contribution in [0.5, 0.6) is 0 Å². The van der Waals surface area contributed by atoms with Crippen LogP contribution in [-0.4, -0.2) is 50.7 Å². The fourth-order valence-electron chi connectivity index (χ4n) is 3.63. The minimum Gasteiger partial charge on any atom is -0.321 e. The van der Waals surface area contributed by atoms with Crippen molar-refractivity contribution in [1.29, 1.82) is 0 Å². The molecule has 0 aliphatic carbocycles. The molecule has 3 N–H and O–H groups in total. The number of hydrazone groups is 2. The average Bonchev–Trinajstić information content (AvgIpc) is 2.95. The molecule has 0 fully saturated rings. The average molecular weight is 644 g/mol. The molecular formula is C28H27ClFN7O4S2. The molecule has 0 bridgehead atoms. The van der Waals surface area contributed by atoms with E-state index in [4.69, 9.17) is 11.6 Å². The van der Waals surface area contributed by atoms with Gasteiger partial charge < -0.3 is 5.32 Å². The molecule has 4 aromatic rings. The Hall–Kier alpha value is -4.40. The van der Waals surface area contributed by atoms with Crippen LogP contribution in [0.4, 0.5) is 27.7 Å². The molecule has 0 spiro atoms. The van der Waals surface area contributed by atoms with Gasteiger partial charge >= 0.3 is 0 Å². The maximum atomic E-state index is 14.4. The standard InChI is InChI=1S/C28H27ClFN7O4S2/c1-17(19-5-10-22(11-6-19)42(3,38)39)34-36-26-16-27(33-28(32-26)31-25-15-21(29)9-14-24(25)30)37-35-18(2)20-7-12-23(13-8-20)43(4,40)41/h5-16H,1-4H3,(H3,31,32,33,36,37). The van der Waals surface area contributed by atoms with Gasteiger partial charge in [0.15, 0.2) is 31.3 Å². The summed E-state index contributed by atoms with van der Waals surface area (Å²) < 4.78 is 61.4. The highest BCUT2D eigenvalue weighted by molar-refractivity contribution is 7.91. The second kappa shape index (κ2) is 12.9. The zero-order valence-electron chi connectivity index (χ0n) is 23.4. The van der Waals surface area contributed by atoms with Crippen molar-refractivity contribution in [2.24, 2.45) is 10.2 Å². The predicted octanol–water partition coefficient (Wildman–Crippen LogP) is 5.49. The van der Waals surface area contributed by atoms with Gasteiger partial charge in [0.1, 0.15) is 5.82 Å². The largest absolute Gasteiger partial charge is 0.321 e. The first kappa shape index (κ1) is 31.5. The Kier molecular flexibility index (Phi) is 9.43. The molecule has 0 saturated carbocycles. The van der Waals surface area contributed by atoms with Gasteiger partial charge in [-0.3, -0.25) is 10.9 Å². The van der Waals surface area contributed by atoms with Crippen molar-refractivity contribution in [3.63, 3.8) is 0 Å². The highest BCUT2D eigenvalue weighted by Crippen LogP contribution is 2.24. The van der Waals surface area contributed by atoms with Gasteiger partial charge in [0.25, 0.3) is 0 Å². The fourth-order valence-corrected chi connectivity index (χ4v) is 5.06. The molecule has 0 radical (unpaired) electrons. The Balaban J connectivity index is 1.62. The number of rotatable bonds is 10. The van der Waals surface area contributed by atoms with Crippen molar-refractivity contribution in [3.05, 3.63) is 94.8 Å². The Labute approximate surface area is 253 Å². The van der Waals surface area contributed by atoms with Crippen molar-refractivity contribution in [1.82, 2.24) is 9.97 Å². The summed E-state index contributed by atoms with van der Waals surface area (Å²) in [6.07, 6.45) is 2.26. The SMILES string of the molecule is CC(=NNc1cc(NN=C(C)c2ccc(S(C)(=O)=O)cc2)nc(Nc2cc(Cl)ccc2F)n1)c1ccc(S(C)(=O)=O)cc1. The van der Waals surface area contributed by atoms with Gasteiger partial charge in [0.2, 0.25) is 5.95 Å². The molecule has 0 saturated heterocycles. The first-order chi connectivity index (χ1) is 20.2. The van der Waals surface area contributed by atoms with E-state index >= 15 is 0 Å². The van der Waals surface area contributed by atoms with Gasteiger partial charge in [-0.2, -0.15) is 20.2 Å². The van der Waals surface area contributed by atoms with Crippen LogP contribution < -0.4 is 16.2 Å². The Bertz CT molecular complexity index is 1820. The van der Waals surface area contributed by atoms with E-state index in [1.807, 2.05) is 0 Å². The normalized spacial score (nSPS) is 12.6. The highest BCUT2D eigenvalue weighted by Gasteiger charge is 2.11. The summed E-state index contributed by atoms with van der Waals surface area (Å²) in [5.41, 5.74) is 8.14. The van der Waals surface area contributed by atoms with Crippen LogP contribution in [0.1, 0.15) is 25.0 Å². The van der Waals surface area contributed by atoms with Crippen molar-refractivity contribution in [3.8, 4) is 0 Å². The topological polar surface area (TPSA) is 155 Å². The van der Waals surface area contributed by atoms with Crippen LogP contribution in [0, 0.1) is 5.82 Å². The lowest BCUT2D eigenvalue weighted by Gasteiger charge is -2.11. The van der Waals surface area contributed by atoms with Crippen LogP contribution in [0.15, 0.2) is 92.8 Å². The Morgan fingerprint density at radius 3 is 1.58 bits per heavy atom. The highest BCUT2D eigenvalue weighted by atomic mass is 35.5. The molecule has 1 heterocycles. The zero-order valence-corrected chi connectivity index (χ0v) is 25.8. The van der Waals surface area contributed by atoms with E-state index in [1.165, 1.54) is 48.5 Å². The number of halogens is 2. The van der Waals surface area contributed by atoms with E-state index in [1.54, 1.807) is 38.1 Å². The van der Waals surface area contributed by atoms with Gasteiger partial charge in [0.05, 0.1) is 26.9 Å². The second-order valence-electron chi connectivity index (χ2n) is 9.42. The molecule has 0 unspecified atom stereocenters. The summed E-state index contributed by atoms with van der Waals surface area (Å²) in [6, 6.07) is 18.0. The van der Waals surface area contributed by atoms with Crippen molar-refractivity contribution < 1.29 is 21.2 Å². The van der Waals surface area contributed by atoms with E-state index in [2.05, 4.69) is 36.3 Å². The minimum atomic E-state index is -3.34. The third-order valence-corrected chi connectivity index (χ3v) is 8.47. The number of benzene rings is 3. The summed E-state index contributed by atoms with van der Waals surface area (Å²) in [6.45, 7) is 3.46. The third kappa shape index (κ3) is 8.56. The molecule has 0 amide bonds. The van der Waals surface area contributed by atoms with Crippen LogP contribution in [0.3, 0.4) is 0 Å². The summed E-state index contributed by atoms with van der Waals surface area (Å²) >= 11 is 6.03. The van der Waals surface area contributed by atoms with E-state index in [-0.39, 0.29) is 33.1 Å². The molecule has 0 aliphatic rings. The minimum absolute atomic E-state index is 0.00406. The fraction of sp³-hybridized carbons (Fsp3) is 0.143. The van der Waals surface area contributed by atoms with Gasteiger partial charge in [-0.1, -0.05) is 35.9 Å². The smallest absolute Gasteiger partial charge is 0.231 e. The van der Waals surface area contributed by atoms with Gasteiger partial charge in [-0.15, -0.1) is 0 Å². The lowest BCUT2D eigenvalue weighted by atomic mass is 10.1. The van der Waals surface area contributed by atoms with E-state index in [0.717, 1.165) is 12.5 Å². The molecular weight excluding hydrogens is 617 g/mol. The first-order valence-electron chi connectivity index (χ1n) is 12.5. The van der Waals surface area contributed by atoms with E-state index in [9.17, 15) is 21.2 Å². The number of aromatic nitrogens is 2. The number of sulfone groups is 2. The molecule has 4 rings (SSSR count).